The summed E-state index contributed by atoms with van der Waals surface area (Å²) in [6.45, 7) is 15.7. The van der Waals surface area contributed by atoms with Crippen LogP contribution in [0.5, 0.6) is 0 Å². The van der Waals surface area contributed by atoms with Crippen LogP contribution in [0.15, 0.2) is 24.8 Å². The summed E-state index contributed by atoms with van der Waals surface area (Å²) in [6.07, 6.45) is 8.83. The Morgan fingerprint density at radius 1 is 1.25 bits per heavy atom. The Bertz CT molecular complexity index is 310. The van der Waals surface area contributed by atoms with E-state index in [9.17, 15) is 0 Å². The van der Waals surface area contributed by atoms with Crippen LogP contribution < -0.4 is 0 Å². The fourth-order valence-corrected chi connectivity index (χ4v) is 4.65. The lowest BCUT2D eigenvalue weighted by atomic mass is 9.48. The molecule has 0 saturated heterocycles. The van der Waals surface area contributed by atoms with E-state index >= 15 is 0 Å². The molecule has 3 atom stereocenters. The summed E-state index contributed by atoms with van der Waals surface area (Å²) in [5, 5.41) is 0. The van der Waals surface area contributed by atoms with Gasteiger partial charge in [0.2, 0.25) is 0 Å². The Morgan fingerprint density at radius 3 is 2.56 bits per heavy atom. The molecule has 2 aliphatic rings. The molecule has 0 nitrogen and oxygen atoms in total. The predicted octanol–water partition coefficient (Wildman–Crippen LogP) is 4.97. The third kappa shape index (κ3) is 1.58. The van der Waals surface area contributed by atoms with E-state index in [0.717, 1.165) is 5.92 Å². The second kappa shape index (κ2) is 3.75. The van der Waals surface area contributed by atoms with Crippen molar-refractivity contribution < 1.29 is 0 Å². The van der Waals surface area contributed by atoms with E-state index < -0.39 is 0 Å². The quantitative estimate of drug-likeness (QED) is 0.545. The lowest BCUT2D eigenvalue weighted by Gasteiger charge is -2.57. The molecule has 1 unspecified atom stereocenters. The largest absolute Gasteiger partial charge is 0.102 e. The van der Waals surface area contributed by atoms with Gasteiger partial charge in [0.15, 0.2) is 0 Å². The number of rotatable bonds is 1. The monoisotopic (exact) mass is 218 g/mol. The smallest absolute Gasteiger partial charge is 0.00281 e. The zero-order valence-corrected chi connectivity index (χ0v) is 11.2. The highest BCUT2D eigenvalue weighted by Gasteiger charge is 2.51. The first-order valence-electron chi connectivity index (χ1n) is 6.72. The van der Waals surface area contributed by atoms with Gasteiger partial charge in [-0.15, -0.1) is 6.58 Å². The average Bonchev–Trinajstić information content (AvgIpc) is 2.15. The molecule has 0 bridgehead atoms. The maximum Gasteiger partial charge on any atom is 0.00281 e. The van der Waals surface area contributed by atoms with E-state index in [2.05, 4.69) is 40.0 Å². The van der Waals surface area contributed by atoms with Crippen LogP contribution in [0, 0.1) is 22.7 Å². The molecule has 0 heteroatoms. The molecule has 0 aromatic carbocycles. The van der Waals surface area contributed by atoms with E-state index in [4.69, 9.17) is 0 Å². The molecule has 90 valence electrons. The zero-order valence-electron chi connectivity index (χ0n) is 11.2. The molecule has 0 amide bonds. The van der Waals surface area contributed by atoms with Crippen LogP contribution in [-0.2, 0) is 0 Å². The van der Waals surface area contributed by atoms with E-state index in [-0.39, 0.29) is 0 Å². The summed E-state index contributed by atoms with van der Waals surface area (Å²) >= 11 is 0. The van der Waals surface area contributed by atoms with Gasteiger partial charge in [0.1, 0.15) is 0 Å². The zero-order chi connectivity index (χ0) is 12.0. The minimum absolute atomic E-state index is 0.429. The molecule has 0 radical (unpaired) electrons. The third-order valence-electron chi connectivity index (χ3n) is 5.42. The van der Waals surface area contributed by atoms with Crippen molar-refractivity contribution in [2.24, 2.45) is 22.7 Å². The van der Waals surface area contributed by atoms with Crippen LogP contribution in [-0.4, -0.2) is 0 Å². The van der Waals surface area contributed by atoms with Crippen molar-refractivity contribution in [1.82, 2.24) is 0 Å². The first-order chi connectivity index (χ1) is 7.42. The maximum absolute atomic E-state index is 4.28. The molecule has 2 saturated carbocycles. The molecule has 0 spiro atoms. The molecular weight excluding hydrogens is 192 g/mol. The van der Waals surface area contributed by atoms with Crippen molar-refractivity contribution in [2.45, 2.75) is 52.9 Å². The van der Waals surface area contributed by atoms with E-state index in [1.165, 1.54) is 37.7 Å². The van der Waals surface area contributed by atoms with Gasteiger partial charge in [-0.3, -0.25) is 0 Å². The summed E-state index contributed by atoms with van der Waals surface area (Å²) in [6, 6.07) is 0. The SMILES string of the molecule is C=CC1C(=C)CC[C@@H]2C(C)(C)CCC[C@@]12C. The van der Waals surface area contributed by atoms with E-state index in [1.807, 2.05) is 0 Å². The normalized spacial score (nSPS) is 42.6. The first kappa shape index (κ1) is 12.0. The van der Waals surface area contributed by atoms with Gasteiger partial charge in [0.25, 0.3) is 0 Å². The van der Waals surface area contributed by atoms with Crippen LogP contribution in [0.3, 0.4) is 0 Å². The average molecular weight is 218 g/mol. The van der Waals surface area contributed by atoms with Crippen LogP contribution in [0.2, 0.25) is 0 Å². The second-order valence-electron chi connectivity index (χ2n) is 6.81. The van der Waals surface area contributed by atoms with Crippen LogP contribution in [0.25, 0.3) is 0 Å². The molecule has 2 rings (SSSR count). The van der Waals surface area contributed by atoms with Crippen molar-refractivity contribution in [3.63, 3.8) is 0 Å². The number of allylic oxidation sites excluding steroid dienone is 2. The van der Waals surface area contributed by atoms with Gasteiger partial charge >= 0.3 is 0 Å². The summed E-state index contributed by atoms with van der Waals surface area (Å²) in [5.41, 5.74) is 2.36. The minimum atomic E-state index is 0.429. The summed E-state index contributed by atoms with van der Waals surface area (Å²) in [4.78, 5) is 0. The van der Waals surface area contributed by atoms with Gasteiger partial charge in [-0.25, -0.2) is 0 Å². The summed E-state index contributed by atoms with van der Waals surface area (Å²) < 4.78 is 0. The first-order valence-corrected chi connectivity index (χ1v) is 6.72. The maximum atomic E-state index is 4.28. The van der Waals surface area contributed by atoms with Gasteiger partial charge in [0.05, 0.1) is 0 Å². The van der Waals surface area contributed by atoms with E-state index in [0.29, 0.717) is 16.7 Å². The highest BCUT2D eigenvalue weighted by molar-refractivity contribution is 5.20. The molecule has 0 N–H and O–H groups in total. The Hall–Kier alpha value is -0.520. The van der Waals surface area contributed by atoms with Gasteiger partial charge in [-0.2, -0.15) is 0 Å². The van der Waals surface area contributed by atoms with E-state index in [1.54, 1.807) is 0 Å². The standard InChI is InChI=1S/C16H26/c1-6-13-12(2)8-9-14-15(3,4)10-7-11-16(13,14)5/h6,13-14H,1-2,7-11H2,3-5H3/t13?,14-,16+/m1/s1. The Balaban J connectivity index is 2.38. The molecule has 0 aliphatic heterocycles. The highest BCUT2D eigenvalue weighted by atomic mass is 14.6. The molecule has 2 aliphatic carbocycles. The van der Waals surface area contributed by atoms with Gasteiger partial charge in [0, 0.05) is 5.92 Å². The van der Waals surface area contributed by atoms with Gasteiger partial charge in [-0.1, -0.05) is 45.4 Å². The highest BCUT2D eigenvalue weighted by Crippen LogP contribution is 2.60. The topological polar surface area (TPSA) is 0 Å². The lowest BCUT2D eigenvalue weighted by molar-refractivity contribution is -0.0390. The van der Waals surface area contributed by atoms with Gasteiger partial charge in [-0.05, 0) is 42.4 Å². The van der Waals surface area contributed by atoms with Crippen molar-refractivity contribution in [2.75, 3.05) is 0 Å². The molecule has 0 heterocycles. The minimum Gasteiger partial charge on any atom is -0.102 e. The van der Waals surface area contributed by atoms with Crippen molar-refractivity contribution in [1.29, 1.82) is 0 Å². The summed E-state index contributed by atoms with van der Waals surface area (Å²) in [5.74, 6) is 1.40. The number of hydrogen-bond acceptors (Lipinski definition) is 0. The molecule has 16 heavy (non-hydrogen) atoms. The molecule has 0 aromatic rings. The summed E-state index contributed by atoms with van der Waals surface area (Å²) in [7, 11) is 0. The second-order valence-corrected chi connectivity index (χ2v) is 6.81. The number of hydrogen-bond donors (Lipinski definition) is 0. The van der Waals surface area contributed by atoms with Crippen LogP contribution in [0.1, 0.15) is 52.9 Å². The predicted molar refractivity (Wildman–Crippen MR) is 71.3 cm³/mol. The van der Waals surface area contributed by atoms with Crippen molar-refractivity contribution in [3.05, 3.63) is 24.8 Å². The lowest BCUT2D eigenvalue weighted by Crippen LogP contribution is -2.48. The van der Waals surface area contributed by atoms with Crippen molar-refractivity contribution >= 4 is 0 Å². The molecule has 2 fully saturated rings. The fraction of sp³-hybridized carbons (Fsp3) is 0.750. The van der Waals surface area contributed by atoms with Gasteiger partial charge < -0.3 is 0 Å². The fourth-order valence-electron chi connectivity index (χ4n) is 4.65. The van der Waals surface area contributed by atoms with Crippen molar-refractivity contribution in [3.8, 4) is 0 Å². The molecule has 0 aromatic heterocycles. The Labute approximate surface area is 101 Å². The van der Waals surface area contributed by atoms with Crippen LogP contribution >= 0.6 is 0 Å². The Morgan fingerprint density at radius 2 is 1.94 bits per heavy atom. The van der Waals surface area contributed by atoms with Crippen LogP contribution in [0.4, 0.5) is 0 Å². The Kier molecular flexibility index (Phi) is 2.80. The third-order valence-corrected chi connectivity index (χ3v) is 5.42. The number of fused-ring (bicyclic) bond motifs is 1. The molecular formula is C16H26.